The zero-order valence-corrected chi connectivity index (χ0v) is 20.8. The lowest BCUT2D eigenvalue weighted by Gasteiger charge is -2.29. The third-order valence-corrected chi connectivity index (χ3v) is 8.77. The molecule has 1 aliphatic rings. The largest absolute Gasteiger partial charge is 0.378 e. The Labute approximate surface area is 195 Å². The van der Waals surface area contributed by atoms with Crippen molar-refractivity contribution in [1.29, 1.82) is 0 Å². The van der Waals surface area contributed by atoms with Crippen molar-refractivity contribution in [3.05, 3.63) is 58.6 Å². The second kappa shape index (κ2) is 10.1. The molecule has 32 heavy (non-hydrogen) atoms. The van der Waals surface area contributed by atoms with Gasteiger partial charge in [-0.2, -0.15) is 17.4 Å². The van der Waals surface area contributed by atoms with E-state index in [1.807, 2.05) is 31.1 Å². The molecule has 0 amide bonds. The van der Waals surface area contributed by atoms with E-state index in [0.29, 0.717) is 24.4 Å². The van der Waals surface area contributed by atoms with Crippen LogP contribution in [0.25, 0.3) is 0 Å². The third-order valence-electron chi connectivity index (χ3n) is 5.37. The van der Waals surface area contributed by atoms with Crippen LogP contribution in [0.15, 0.2) is 47.4 Å². The molecule has 11 heteroatoms. The molecule has 0 spiro atoms. The van der Waals surface area contributed by atoms with Gasteiger partial charge in [0, 0.05) is 50.5 Å². The molecule has 0 aliphatic carbocycles. The Morgan fingerprint density at radius 1 is 1.06 bits per heavy atom. The van der Waals surface area contributed by atoms with Crippen molar-refractivity contribution in [1.82, 2.24) is 13.7 Å². The first-order chi connectivity index (χ1) is 15.0. The van der Waals surface area contributed by atoms with E-state index in [9.17, 15) is 16.8 Å². The number of sulfonamides is 1. The van der Waals surface area contributed by atoms with E-state index in [2.05, 4.69) is 9.44 Å². The van der Waals surface area contributed by atoms with Crippen molar-refractivity contribution in [2.45, 2.75) is 37.2 Å². The molecule has 176 valence electrons. The first-order valence-electron chi connectivity index (χ1n) is 10.3. The Hall–Kier alpha value is -1.69. The van der Waals surface area contributed by atoms with Gasteiger partial charge in [0.25, 0.3) is 10.2 Å². The molecule has 2 aromatic rings. The molecular weight excluding hydrogens is 472 g/mol. The molecule has 0 aromatic heterocycles. The van der Waals surface area contributed by atoms with Gasteiger partial charge < -0.3 is 4.90 Å². The summed E-state index contributed by atoms with van der Waals surface area (Å²) in [4.78, 5) is 2.05. The van der Waals surface area contributed by atoms with Crippen molar-refractivity contribution >= 4 is 37.5 Å². The van der Waals surface area contributed by atoms with Crippen LogP contribution >= 0.6 is 11.6 Å². The van der Waals surface area contributed by atoms with Crippen LogP contribution < -0.4 is 14.3 Å². The van der Waals surface area contributed by atoms with E-state index in [1.165, 1.54) is 4.31 Å². The average molecular weight is 501 g/mol. The molecule has 0 fully saturated rings. The Bertz CT molecular complexity index is 1150. The Kier molecular flexibility index (Phi) is 7.85. The van der Waals surface area contributed by atoms with Crippen LogP contribution in [-0.2, 0) is 33.2 Å². The fourth-order valence-electron chi connectivity index (χ4n) is 3.51. The minimum absolute atomic E-state index is 0.114. The number of nitrogens with one attached hydrogen (secondary N) is 2. The van der Waals surface area contributed by atoms with Gasteiger partial charge in [-0.3, -0.25) is 0 Å². The van der Waals surface area contributed by atoms with Crippen molar-refractivity contribution in [3.63, 3.8) is 0 Å². The SMILES string of the molecule is C[C@H](CCNS(=O)(=O)c1ccc(N(C)C)cc1)NS(=O)(=O)N1CCc2cc(Cl)ccc2C1. The maximum atomic E-state index is 12.8. The van der Waals surface area contributed by atoms with Crippen molar-refractivity contribution in [2.24, 2.45) is 0 Å². The lowest BCUT2D eigenvalue weighted by molar-refractivity contribution is 0.378. The standard InChI is InChI=1S/C21H29ClN4O4S2/c1-16(10-12-23-31(27,28)21-8-6-20(7-9-21)25(2)3)24-32(29,30)26-13-11-17-14-19(22)5-4-18(17)15-26/h4-9,14,16,23-24H,10-13,15H2,1-3H3/t16-/m1/s1. The van der Waals surface area contributed by atoms with E-state index in [-0.39, 0.29) is 18.0 Å². The lowest BCUT2D eigenvalue weighted by Crippen LogP contribution is -2.47. The van der Waals surface area contributed by atoms with Gasteiger partial charge in [0.2, 0.25) is 10.0 Å². The van der Waals surface area contributed by atoms with Gasteiger partial charge in [0.05, 0.1) is 4.90 Å². The van der Waals surface area contributed by atoms with Crippen LogP contribution in [0.4, 0.5) is 5.69 Å². The summed E-state index contributed by atoms with van der Waals surface area (Å²) in [6.07, 6.45) is 0.909. The molecule has 1 atom stereocenters. The van der Waals surface area contributed by atoms with Gasteiger partial charge in [-0.15, -0.1) is 0 Å². The zero-order valence-electron chi connectivity index (χ0n) is 18.4. The van der Waals surface area contributed by atoms with Crippen LogP contribution in [0.3, 0.4) is 0 Å². The topological polar surface area (TPSA) is 98.8 Å². The Morgan fingerprint density at radius 2 is 1.75 bits per heavy atom. The smallest absolute Gasteiger partial charge is 0.280 e. The average Bonchev–Trinajstić information content (AvgIpc) is 2.72. The summed E-state index contributed by atoms with van der Waals surface area (Å²) in [5.41, 5.74) is 2.90. The minimum Gasteiger partial charge on any atom is -0.378 e. The fraction of sp³-hybridized carbons (Fsp3) is 0.429. The predicted molar refractivity (Wildman–Crippen MR) is 128 cm³/mol. The second-order valence-electron chi connectivity index (χ2n) is 8.10. The van der Waals surface area contributed by atoms with E-state index in [0.717, 1.165) is 16.8 Å². The summed E-state index contributed by atoms with van der Waals surface area (Å²) in [5.74, 6) is 0. The highest BCUT2D eigenvalue weighted by atomic mass is 35.5. The lowest BCUT2D eigenvalue weighted by atomic mass is 10.0. The van der Waals surface area contributed by atoms with E-state index >= 15 is 0 Å². The molecule has 0 saturated carbocycles. The van der Waals surface area contributed by atoms with Gasteiger partial charge in [-0.05, 0) is 67.3 Å². The zero-order chi connectivity index (χ0) is 23.5. The number of hydrogen-bond donors (Lipinski definition) is 2. The van der Waals surface area contributed by atoms with Crippen LogP contribution in [0, 0.1) is 0 Å². The highest BCUT2D eigenvalue weighted by Gasteiger charge is 2.28. The van der Waals surface area contributed by atoms with Crippen LogP contribution in [0.2, 0.25) is 5.02 Å². The van der Waals surface area contributed by atoms with Gasteiger partial charge in [-0.25, -0.2) is 13.1 Å². The highest BCUT2D eigenvalue weighted by molar-refractivity contribution is 7.89. The molecule has 1 aliphatic heterocycles. The van der Waals surface area contributed by atoms with Crippen LogP contribution in [0.5, 0.6) is 0 Å². The van der Waals surface area contributed by atoms with Gasteiger partial charge in [0.15, 0.2) is 0 Å². The van der Waals surface area contributed by atoms with E-state index in [1.54, 1.807) is 37.3 Å². The van der Waals surface area contributed by atoms with E-state index in [4.69, 9.17) is 11.6 Å². The van der Waals surface area contributed by atoms with Gasteiger partial charge in [-0.1, -0.05) is 17.7 Å². The number of nitrogens with zero attached hydrogens (tertiary/aromatic N) is 2. The maximum absolute atomic E-state index is 12.8. The normalized spacial score (nSPS) is 15.9. The minimum atomic E-state index is -3.70. The summed E-state index contributed by atoms with van der Waals surface area (Å²) < 4.78 is 57.1. The number of rotatable bonds is 9. The third kappa shape index (κ3) is 6.21. The molecule has 0 saturated heterocycles. The molecule has 8 nitrogen and oxygen atoms in total. The monoisotopic (exact) mass is 500 g/mol. The fourth-order valence-corrected chi connectivity index (χ4v) is 6.16. The molecule has 2 N–H and O–H groups in total. The molecular formula is C21H29ClN4O4S2. The predicted octanol–water partition coefficient (Wildman–Crippen LogP) is 2.36. The van der Waals surface area contributed by atoms with Crippen LogP contribution in [-0.4, -0.2) is 54.4 Å². The Morgan fingerprint density at radius 3 is 2.41 bits per heavy atom. The van der Waals surface area contributed by atoms with Crippen molar-refractivity contribution in [2.75, 3.05) is 32.1 Å². The van der Waals surface area contributed by atoms with Crippen LogP contribution in [0.1, 0.15) is 24.5 Å². The molecule has 0 radical (unpaired) electrons. The molecule has 3 rings (SSSR count). The summed E-state index contributed by atoms with van der Waals surface area (Å²) in [7, 11) is -3.61. The second-order valence-corrected chi connectivity index (χ2v) is 12.0. The first kappa shape index (κ1) is 24.9. The number of halogens is 1. The molecule has 0 bridgehead atoms. The van der Waals surface area contributed by atoms with E-state index < -0.39 is 26.3 Å². The molecule has 2 aromatic carbocycles. The van der Waals surface area contributed by atoms with Gasteiger partial charge >= 0.3 is 0 Å². The number of fused-ring (bicyclic) bond motifs is 1. The number of hydrogen-bond acceptors (Lipinski definition) is 5. The summed E-state index contributed by atoms with van der Waals surface area (Å²) in [6.45, 7) is 2.48. The quantitative estimate of drug-likeness (QED) is 0.550. The summed E-state index contributed by atoms with van der Waals surface area (Å²) in [5, 5.41) is 0.642. The summed E-state index contributed by atoms with van der Waals surface area (Å²) >= 11 is 6.02. The summed E-state index contributed by atoms with van der Waals surface area (Å²) in [6, 6.07) is 11.6. The van der Waals surface area contributed by atoms with Crippen molar-refractivity contribution in [3.8, 4) is 0 Å². The molecule has 0 unspecified atom stereocenters. The first-order valence-corrected chi connectivity index (χ1v) is 13.6. The highest BCUT2D eigenvalue weighted by Crippen LogP contribution is 2.24. The maximum Gasteiger partial charge on any atom is 0.280 e. The van der Waals surface area contributed by atoms with Crippen molar-refractivity contribution < 1.29 is 16.8 Å². The number of benzene rings is 2. The molecule has 1 heterocycles. The van der Waals surface area contributed by atoms with Gasteiger partial charge in [0.1, 0.15) is 0 Å². The Balaban J connectivity index is 1.52. The number of anilines is 1.